The van der Waals surface area contributed by atoms with Crippen LogP contribution in [0.5, 0.6) is 11.8 Å². The van der Waals surface area contributed by atoms with Gasteiger partial charge >= 0.3 is 6.01 Å². The molecule has 46 heavy (non-hydrogen) atoms. The average molecular weight is 696 g/mol. The monoisotopic (exact) mass is 694 g/mol. The summed E-state index contributed by atoms with van der Waals surface area (Å²) >= 11 is 3.30. The molecule has 3 aliphatic heterocycles. The normalized spacial score (nSPS) is 21.6. The van der Waals surface area contributed by atoms with Crippen molar-refractivity contribution in [1.29, 1.82) is 0 Å². The molecule has 2 fully saturated rings. The molecule has 238 valence electrons. The minimum atomic E-state index is -0.932. The van der Waals surface area contributed by atoms with Gasteiger partial charge in [-0.25, -0.2) is 13.2 Å². The average Bonchev–Trinajstić information content (AvgIpc) is 3.63. The molecule has 0 unspecified atom stereocenters. The Morgan fingerprint density at radius 3 is 2.85 bits per heavy atom. The highest BCUT2D eigenvalue weighted by Gasteiger charge is 2.49. The standard InChI is InChI=1S/C32H30BrF3N8O2/c33-26-23(35)4-3-17-9-20(45)11-21(25(17)26)28-27(36)29-22(13-38-28)30(42-6-2-8-44-19(15-42)10-24(37)41-44)40-31(39-29)46-16-32-5-1-7-43(32)14-18(34)12-32/h3-4,9-11,13,18,45H,1-2,5-8,12,14-16H2,(H2,37,41)/t18-,32+/m1/s1. The smallest absolute Gasteiger partial charge is 0.319 e. The maximum atomic E-state index is 16.8. The number of nitrogen functional groups attached to an aromatic ring is 1. The summed E-state index contributed by atoms with van der Waals surface area (Å²) in [6, 6.07) is 7.38. The van der Waals surface area contributed by atoms with Crippen LogP contribution in [0.4, 0.5) is 24.8 Å². The molecule has 0 aliphatic carbocycles. The molecule has 6 heterocycles. The molecule has 0 bridgehead atoms. The van der Waals surface area contributed by atoms with E-state index in [2.05, 4.69) is 35.9 Å². The lowest BCUT2D eigenvalue weighted by atomic mass is 9.95. The summed E-state index contributed by atoms with van der Waals surface area (Å²) in [6.45, 7) is 2.99. The van der Waals surface area contributed by atoms with Gasteiger partial charge in [-0.15, -0.1) is 0 Å². The number of halogens is 4. The molecule has 3 N–H and O–H groups in total. The second-order valence-electron chi connectivity index (χ2n) is 12.4. The molecule has 0 spiro atoms. The van der Waals surface area contributed by atoms with Crippen LogP contribution in [0.2, 0.25) is 0 Å². The van der Waals surface area contributed by atoms with Gasteiger partial charge in [-0.1, -0.05) is 6.07 Å². The molecular formula is C32H30BrF3N8O2. The number of aryl methyl sites for hydroxylation is 1. The Hall–Kier alpha value is -4.17. The van der Waals surface area contributed by atoms with E-state index in [1.165, 1.54) is 30.5 Å². The van der Waals surface area contributed by atoms with Crippen LogP contribution < -0.4 is 15.4 Å². The van der Waals surface area contributed by atoms with Gasteiger partial charge in [0.25, 0.3) is 0 Å². The molecule has 8 rings (SSSR count). The number of phenolic OH excluding ortho intramolecular Hbond substituents is 1. The first-order chi connectivity index (χ1) is 22.2. The van der Waals surface area contributed by atoms with Crippen LogP contribution in [0.1, 0.15) is 31.4 Å². The minimum absolute atomic E-state index is 0.0349. The van der Waals surface area contributed by atoms with Crippen molar-refractivity contribution in [2.75, 3.05) is 36.9 Å². The fourth-order valence-corrected chi connectivity index (χ4v) is 7.97. The molecular weight excluding hydrogens is 665 g/mol. The van der Waals surface area contributed by atoms with Crippen molar-refractivity contribution in [2.45, 2.75) is 50.5 Å². The van der Waals surface area contributed by atoms with Gasteiger partial charge in [0.2, 0.25) is 0 Å². The van der Waals surface area contributed by atoms with Crippen molar-refractivity contribution in [2.24, 2.45) is 0 Å². The molecule has 5 aromatic rings. The molecule has 0 saturated carbocycles. The zero-order valence-electron chi connectivity index (χ0n) is 24.7. The molecule has 2 aromatic carbocycles. The summed E-state index contributed by atoms with van der Waals surface area (Å²) in [5.74, 6) is -0.601. The Labute approximate surface area is 270 Å². The van der Waals surface area contributed by atoms with Crippen LogP contribution in [0.3, 0.4) is 0 Å². The van der Waals surface area contributed by atoms with Crippen LogP contribution in [0.25, 0.3) is 32.9 Å². The minimum Gasteiger partial charge on any atom is -0.508 e. The van der Waals surface area contributed by atoms with Gasteiger partial charge in [0.15, 0.2) is 5.82 Å². The zero-order chi connectivity index (χ0) is 31.7. The van der Waals surface area contributed by atoms with Crippen molar-refractivity contribution in [3.05, 3.63) is 58.3 Å². The lowest BCUT2D eigenvalue weighted by molar-refractivity contribution is 0.107. The van der Waals surface area contributed by atoms with E-state index >= 15 is 4.39 Å². The van der Waals surface area contributed by atoms with Crippen LogP contribution in [0, 0.1) is 11.6 Å². The molecule has 14 heteroatoms. The number of pyridine rings is 1. The van der Waals surface area contributed by atoms with Crippen molar-refractivity contribution in [3.8, 4) is 23.0 Å². The number of phenols is 1. The largest absolute Gasteiger partial charge is 0.508 e. The number of aromatic hydroxyl groups is 1. The molecule has 10 nitrogen and oxygen atoms in total. The predicted octanol–water partition coefficient (Wildman–Crippen LogP) is 5.74. The van der Waals surface area contributed by atoms with Crippen LogP contribution >= 0.6 is 15.9 Å². The van der Waals surface area contributed by atoms with Gasteiger partial charge in [0, 0.05) is 49.3 Å². The highest BCUT2D eigenvalue weighted by Crippen LogP contribution is 2.42. The van der Waals surface area contributed by atoms with E-state index in [4.69, 9.17) is 15.5 Å². The third-order valence-electron chi connectivity index (χ3n) is 9.45. The summed E-state index contributed by atoms with van der Waals surface area (Å²) in [5, 5.41) is 16.1. The summed E-state index contributed by atoms with van der Waals surface area (Å²) in [6.07, 6.45) is 3.40. The Balaban J connectivity index is 1.28. The number of alkyl halides is 1. The maximum Gasteiger partial charge on any atom is 0.319 e. The number of benzene rings is 2. The lowest BCUT2D eigenvalue weighted by Crippen LogP contribution is -2.43. The number of nitrogens with two attached hydrogens (primary N) is 1. The maximum absolute atomic E-state index is 16.8. The van der Waals surface area contributed by atoms with Gasteiger partial charge in [-0.3, -0.25) is 14.6 Å². The predicted molar refractivity (Wildman–Crippen MR) is 170 cm³/mol. The second kappa shape index (κ2) is 11.0. The highest BCUT2D eigenvalue weighted by atomic mass is 79.9. The number of fused-ring (bicyclic) bond motifs is 4. The summed E-state index contributed by atoms with van der Waals surface area (Å²) in [4.78, 5) is 18.0. The van der Waals surface area contributed by atoms with Crippen molar-refractivity contribution < 1.29 is 23.0 Å². The Morgan fingerprint density at radius 2 is 1.98 bits per heavy atom. The lowest BCUT2D eigenvalue weighted by Gasteiger charge is -2.31. The molecule has 2 saturated heterocycles. The van der Waals surface area contributed by atoms with Gasteiger partial charge in [0.05, 0.1) is 27.6 Å². The van der Waals surface area contributed by atoms with E-state index in [9.17, 15) is 13.9 Å². The second-order valence-corrected chi connectivity index (χ2v) is 13.2. The number of rotatable bonds is 5. The molecule has 3 aliphatic rings. The van der Waals surface area contributed by atoms with E-state index in [-0.39, 0.29) is 39.6 Å². The van der Waals surface area contributed by atoms with Gasteiger partial charge in [0.1, 0.15) is 47.2 Å². The van der Waals surface area contributed by atoms with Gasteiger partial charge in [-0.05, 0) is 65.3 Å². The van der Waals surface area contributed by atoms with Crippen LogP contribution in [-0.2, 0) is 13.1 Å². The first-order valence-electron chi connectivity index (χ1n) is 15.3. The first-order valence-corrected chi connectivity index (χ1v) is 16.0. The third kappa shape index (κ3) is 4.80. The molecule has 3 aromatic heterocycles. The number of aromatic nitrogens is 5. The SMILES string of the molecule is Nc1cc2n(n1)CCCN(c1nc(OC[C@@]34CCCN3C[C@H](F)C4)nc3c(F)c(-c4cc(O)cc5ccc(F)c(Br)c45)ncc13)C2. The Bertz CT molecular complexity index is 2030. The third-order valence-corrected chi connectivity index (χ3v) is 10.2. The van der Waals surface area contributed by atoms with Crippen LogP contribution in [-0.4, -0.2) is 72.7 Å². The topological polar surface area (TPSA) is 118 Å². The summed E-state index contributed by atoms with van der Waals surface area (Å²) < 4.78 is 54.2. The fraction of sp³-hybridized carbons (Fsp3) is 0.375. The Morgan fingerprint density at radius 1 is 1.11 bits per heavy atom. The van der Waals surface area contributed by atoms with Crippen molar-refractivity contribution in [3.63, 3.8) is 0 Å². The van der Waals surface area contributed by atoms with Gasteiger partial charge in [-0.2, -0.15) is 15.1 Å². The summed E-state index contributed by atoms with van der Waals surface area (Å²) in [5.41, 5.74) is 6.45. The van der Waals surface area contributed by atoms with Crippen molar-refractivity contribution in [1.82, 2.24) is 29.6 Å². The zero-order valence-corrected chi connectivity index (χ0v) is 26.3. The number of nitrogens with zero attached hydrogens (tertiary/aromatic N) is 7. The van der Waals surface area contributed by atoms with E-state index in [0.717, 1.165) is 31.5 Å². The number of hydrogen-bond donors (Lipinski definition) is 2. The summed E-state index contributed by atoms with van der Waals surface area (Å²) in [7, 11) is 0. The van der Waals surface area contributed by atoms with Gasteiger partial charge < -0.3 is 20.5 Å². The fourth-order valence-electron chi connectivity index (χ4n) is 7.40. The Kier molecular flexibility index (Phi) is 6.98. The molecule has 0 amide bonds. The van der Waals surface area contributed by atoms with E-state index in [1.807, 2.05) is 9.58 Å². The van der Waals surface area contributed by atoms with E-state index < -0.39 is 23.3 Å². The van der Waals surface area contributed by atoms with Crippen LogP contribution in [0.15, 0.2) is 41.0 Å². The van der Waals surface area contributed by atoms with E-state index in [1.54, 1.807) is 6.07 Å². The highest BCUT2D eigenvalue weighted by molar-refractivity contribution is 9.10. The number of ether oxygens (including phenoxy) is 1. The molecule has 2 atom stereocenters. The first kappa shape index (κ1) is 29.2. The molecule has 0 radical (unpaired) electrons. The van der Waals surface area contributed by atoms with Crippen molar-refractivity contribution >= 4 is 49.2 Å². The number of hydrogen-bond acceptors (Lipinski definition) is 9. The van der Waals surface area contributed by atoms with E-state index in [0.29, 0.717) is 60.4 Å². The quantitative estimate of drug-likeness (QED) is 0.238. The number of anilines is 2.